The molecular weight excluding hydrogens is 332 g/mol. The van der Waals surface area contributed by atoms with Crippen LogP contribution in [0.1, 0.15) is 23.7 Å². The van der Waals surface area contributed by atoms with Gasteiger partial charge in [-0.1, -0.05) is 41.9 Å². The zero-order chi connectivity index (χ0) is 17.4. The lowest BCUT2D eigenvalue weighted by Gasteiger charge is -2.18. The van der Waals surface area contributed by atoms with Gasteiger partial charge in [0.2, 0.25) is 0 Å². The summed E-state index contributed by atoms with van der Waals surface area (Å²) in [5, 5.41) is 22.9. The number of pyridine rings is 1. The summed E-state index contributed by atoms with van der Waals surface area (Å²) < 4.78 is 5.05. The molecule has 0 aliphatic rings. The highest BCUT2D eigenvalue weighted by Crippen LogP contribution is 2.20. The fourth-order valence-electron chi connectivity index (χ4n) is 2.07. The number of alkyl carbamates (subject to hydrolysis) is 1. The average Bonchev–Trinajstić information content (AvgIpc) is 2.60. The third kappa shape index (κ3) is 5.81. The minimum absolute atomic E-state index is 0.161. The number of aliphatic hydroxyl groups is 2. The molecule has 2 aromatic rings. The number of rotatable bonds is 7. The topological polar surface area (TPSA) is 91.7 Å². The Morgan fingerprint density at radius 3 is 2.71 bits per heavy atom. The highest BCUT2D eigenvalue weighted by molar-refractivity contribution is 6.30. The zero-order valence-corrected chi connectivity index (χ0v) is 13.7. The number of halogens is 1. The Balaban J connectivity index is 1.70. The number of aliphatic hydroxyl groups excluding tert-OH is 2. The van der Waals surface area contributed by atoms with E-state index in [9.17, 15) is 15.0 Å². The average molecular weight is 351 g/mol. The van der Waals surface area contributed by atoms with Crippen molar-refractivity contribution in [3.8, 4) is 0 Å². The second-order valence-corrected chi connectivity index (χ2v) is 5.66. The lowest BCUT2D eigenvalue weighted by atomic mass is 10.0. The van der Waals surface area contributed by atoms with Crippen molar-refractivity contribution in [1.29, 1.82) is 0 Å². The van der Waals surface area contributed by atoms with E-state index in [0.717, 1.165) is 5.56 Å². The Morgan fingerprint density at radius 2 is 2.00 bits per heavy atom. The van der Waals surface area contributed by atoms with Crippen LogP contribution in [-0.4, -0.2) is 33.9 Å². The van der Waals surface area contributed by atoms with Gasteiger partial charge in [0.25, 0.3) is 0 Å². The van der Waals surface area contributed by atoms with E-state index in [4.69, 9.17) is 16.3 Å². The van der Waals surface area contributed by atoms with Gasteiger partial charge in [0, 0.05) is 24.5 Å². The highest BCUT2D eigenvalue weighted by Gasteiger charge is 2.19. The molecule has 1 heterocycles. The van der Waals surface area contributed by atoms with E-state index in [2.05, 4.69) is 10.3 Å². The van der Waals surface area contributed by atoms with E-state index >= 15 is 0 Å². The lowest BCUT2D eigenvalue weighted by molar-refractivity contribution is 0.0134. The second kappa shape index (κ2) is 9.22. The van der Waals surface area contributed by atoms with Crippen LogP contribution < -0.4 is 5.32 Å². The number of benzene rings is 1. The van der Waals surface area contributed by atoms with Gasteiger partial charge in [0.1, 0.15) is 12.7 Å². The van der Waals surface area contributed by atoms with Gasteiger partial charge in [-0.2, -0.15) is 0 Å². The molecule has 1 aromatic carbocycles. The number of hydrogen-bond donors (Lipinski definition) is 3. The van der Waals surface area contributed by atoms with E-state index in [-0.39, 0.29) is 19.6 Å². The van der Waals surface area contributed by atoms with Crippen molar-refractivity contribution < 1.29 is 19.7 Å². The van der Waals surface area contributed by atoms with Crippen LogP contribution in [0.25, 0.3) is 0 Å². The summed E-state index contributed by atoms with van der Waals surface area (Å²) in [5.41, 5.74) is 1.30. The van der Waals surface area contributed by atoms with Gasteiger partial charge in [0.15, 0.2) is 0 Å². The lowest BCUT2D eigenvalue weighted by Crippen LogP contribution is -2.29. The number of amides is 1. The Kier molecular flexibility index (Phi) is 6.99. The van der Waals surface area contributed by atoms with E-state index in [1.54, 1.807) is 0 Å². The van der Waals surface area contributed by atoms with Gasteiger partial charge in [-0.05, 0) is 18.1 Å². The summed E-state index contributed by atoms with van der Waals surface area (Å²) in [6.07, 6.45) is 0.271. The van der Waals surface area contributed by atoms with Gasteiger partial charge in [-0.3, -0.25) is 4.98 Å². The van der Waals surface area contributed by atoms with Gasteiger partial charge >= 0.3 is 6.09 Å². The van der Waals surface area contributed by atoms with E-state index in [1.165, 1.54) is 18.5 Å². The fourth-order valence-corrected chi connectivity index (χ4v) is 2.25. The Bertz CT molecular complexity index is 654. The Morgan fingerprint density at radius 1 is 1.25 bits per heavy atom. The third-order valence-corrected chi connectivity index (χ3v) is 3.56. The Hall–Kier alpha value is -2.15. The maximum absolute atomic E-state index is 11.6. The van der Waals surface area contributed by atoms with Crippen LogP contribution in [-0.2, 0) is 11.3 Å². The van der Waals surface area contributed by atoms with Crippen molar-refractivity contribution in [2.75, 3.05) is 6.54 Å². The molecule has 6 nitrogen and oxygen atoms in total. The summed E-state index contributed by atoms with van der Waals surface area (Å²) in [6, 6.07) is 10.8. The van der Waals surface area contributed by atoms with Gasteiger partial charge in [0.05, 0.1) is 11.1 Å². The summed E-state index contributed by atoms with van der Waals surface area (Å²) in [4.78, 5) is 15.4. The first-order chi connectivity index (χ1) is 11.6. The molecule has 7 heteroatoms. The van der Waals surface area contributed by atoms with Crippen molar-refractivity contribution in [2.45, 2.75) is 25.2 Å². The monoisotopic (exact) mass is 350 g/mol. The molecule has 0 radical (unpaired) electrons. The van der Waals surface area contributed by atoms with Crippen molar-refractivity contribution >= 4 is 17.7 Å². The molecule has 1 aromatic heterocycles. The Labute approximate surface area is 145 Å². The van der Waals surface area contributed by atoms with Crippen molar-refractivity contribution in [3.63, 3.8) is 0 Å². The molecular formula is C17H19ClN2O4. The van der Waals surface area contributed by atoms with Crippen LogP contribution in [0.5, 0.6) is 0 Å². The number of hydrogen-bond acceptors (Lipinski definition) is 5. The summed E-state index contributed by atoms with van der Waals surface area (Å²) in [5.74, 6) is 0. The van der Waals surface area contributed by atoms with Gasteiger partial charge in [-0.25, -0.2) is 4.79 Å². The van der Waals surface area contributed by atoms with Crippen LogP contribution in [0.15, 0.2) is 48.8 Å². The molecule has 2 unspecified atom stereocenters. The van der Waals surface area contributed by atoms with E-state index in [1.807, 2.05) is 30.3 Å². The third-order valence-electron chi connectivity index (χ3n) is 3.35. The van der Waals surface area contributed by atoms with Crippen LogP contribution in [0.4, 0.5) is 4.79 Å². The molecule has 1 amide bonds. The number of nitrogens with zero attached hydrogens (tertiary/aromatic N) is 1. The first-order valence-corrected chi connectivity index (χ1v) is 7.85. The fraction of sp³-hybridized carbons (Fsp3) is 0.294. The number of ether oxygens (including phenoxy) is 1. The number of carbonyl (C=O) groups is 1. The number of carbonyl (C=O) groups excluding carboxylic acids is 1. The second-order valence-electron chi connectivity index (χ2n) is 5.23. The zero-order valence-electron chi connectivity index (χ0n) is 12.9. The van der Waals surface area contributed by atoms with Gasteiger partial charge in [-0.15, -0.1) is 0 Å². The minimum atomic E-state index is -1.13. The molecule has 2 atom stereocenters. The maximum atomic E-state index is 11.6. The molecule has 0 spiro atoms. The number of nitrogens with one attached hydrogen (secondary N) is 1. The SMILES string of the molecule is O=C(NCCC(O)C(O)c1cncc(Cl)c1)OCc1ccccc1. The molecule has 0 fully saturated rings. The molecule has 24 heavy (non-hydrogen) atoms. The largest absolute Gasteiger partial charge is 0.445 e. The maximum Gasteiger partial charge on any atom is 0.407 e. The van der Waals surface area contributed by atoms with Crippen molar-refractivity contribution in [3.05, 3.63) is 64.9 Å². The predicted octanol–water partition coefficient (Wildman–Crippen LogP) is 2.45. The first-order valence-electron chi connectivity index (χ1n) is 7.47. The van der Waals surface area contributed by atoms with Crippen LogP contribution in [0.2, 0.25) is 5.02 Å². The standard InChI is InChI=1S/C17H19ClN2O4/c18-14-8-13(9-19-10-14)16(22)15(21)6-7-20-17(23)24-11-12-4-2-1-3-5-12/h1-5,8-10,15-16,21-22H,6-7,11H2,(H,20,23). The van der Waals surface area contributed by atoms with E-state index in [0.29, 0.717) is 10.6 Å². The van der Waals surface area contributed by atoms with Crippen LogP contribution >= 0.6 is 11.6 Å². The smallest absolute Gasteiger partial charge is 0.407 e. The highest BCUT2D eigenvalue weighted by atomic mass is 35.5. The molecule has 3 N–H and O–H groups in total. The van der Waals surface area contributed by atoms with Gasteiger partial charge < -0.3 is 20.3 Å². The molecule has 0 aliphatic heterocycles. The van der Waals surface area contributed by atoms with Crippen LogP contribution in [0, 0.1) is 0 Å². The summed E-state index contributed by atoms with van der Waals surface area (Å²) >= 11 is 5.80. The first kappa shape index (κ1) is 18.2. The normalized spacial score (nSPS) is 13.1. The molecule has 0 saturated carbocycles. The molecule has 2 rings (SSSR count). The quantitative estimate of drug-likeness (QED) is 0.713. The summed E-state index contributed by atoms with van der Waals surface area (Å²) in [6.45, 7) is 0.339. The minimum Gasteiger partial charge on any atom is -0.445 e. The predicted molar refractivity (Wildman–Crippen MR) is 89.5 cm³/mol. The summed E-state index contributed by atoms with van der Waals surface area (Å²) in [7, 11) is 0. The molecule has 0 aliphatic carbocycles. The van der Waals surface area contributed by atoms with Crippen molar-refractivity contribution in [2.24, 2.45) is 0 Å². The van der Waals surface area contributed by atoms with Crippen molar-refractivity contribution in [1.82, 2.24) is 10.3 Å². The molecule has 0 saturated heterocycles. The molecule has 128 valence electrons. The van der Waals surface area contributed by atoms with Crippen LogP contribution in [0.3, 0.4) is 0 Å². The number of aromatic nitrogens is 1. The van der Waals surface area contributed by atoms with E-state index < -0.39 is 18.3 Å². The molecule has 0 bridgehead atoms.